The highest BCUT2D eigenvalue weighted by Gasteiger charge is 2.42. The molecular weight excluding hydrogens is 412 g/mol. The summed E-state index contributed by atoms with van der Waals surface area (Å²) in [6.07, 6.45) is 0.299. The van der Waals surface area contributed by atoms with E-state index in [4.69, 9.17) is 0 Å². The van der Waals surface area contributed by atoms with Gasteiger partial charge in [0, 0.05) is 12.0 Å². The second kappa shape index (κ2) is 12.8. The molecule has 11 heteroatoms. The van der Waals surface area contributed by atoms with E-state index < -0.39 is 42.3 Å². The maximum atomic E-state index is 12.9. The van der Waals surface area contributed by atoms with Crippen LogP contribution in [0.4, 0.5) is 0 Å². The van der Waals surface area contributed by atoms with Gasteiger partial charge in [-0.15, -0.1) is 11.8 Å². The number of carbonyl (C=O) groups excluding carboxylic acids is 2. The maximum absolute atomic E-state index is 12.9. The van der Waals surface area contributed by atoms with Crippen molar-refractivity contribution >= 4 is 23.6 Å². The van der Waals surface area contributed by atoms with Gasteiger partial charge in [-0.3, -0.25) is 14.5 Å². The van der Waals surface area contributed by atoms with Gasteiger partial charge < -0.3 is 36.0 Å². The van der Waals surface area contributed by atoms with E-state index in [2.05, 4.69) is 10.6 Å². The molecule has 7 unspecified atom stereocenters. The fraction of sp³-hybridized carbons (Fsp3) is 0.895. The standard InChI is InChI=1S/C19H38N4O6S/c1-11(20-14(26)9-22(2)3)16(21-18(28)12-7-6-8-23(12)4)15(13(25)10-24)17(27)19(29)30-5/h11-13,15-17,19,24-25,27,29H,6-10H2,1-5H3,(H,20,26)(H,21,28). The fourth-order valence-electron chi connectivity index (χ4n) is 3.86. The van der Waals surface area contributed by atoms with Gasteiger partial charge in [-0.05, 0) is 53.7 Å². The third-order valence-corrected chi connectivity index (χ3v) is 6.26. The summed E-state index contributed by atoms with van der Waals surface area (Å²) in [6, 6.07) is -1.95. The van der Waals surface area contributed by atoms with Gasteiger partial charge in [-0.25, -0.2) is 0 Å². The number of aliphatic hydroxyl groups excluding tert-OH is 4. The Balaban J connectivity index is 3.16. The average molecular weight is 451 g/mol. The van der Waals surface area contributed by atoms with Crippen LogP contribution in [0, 0.1) is 5.92 Å². The number of hydrogen-bond acceptors (Lipinski definition) is 9. The smallest absolute Gasteiger partial charge is 0.237 e. The van der Waals surface area contributed by atoms with Gasteiger partial charge in [0.25, 0.3) is 0 Å². The molecule has 0 aromatic carbocycles. The minimum atomic E-state index is -1.44. The quantitative estimate of drug-likeness (QED) is 0.180. The Kier molecular flexibility index (Phi) is 11.6. The van der Waals surface area contributed by atoms with Gasteiger partial charge in [-0.1, -0.05) is 0 Å². The molecule has 10 nitrogen and oxygen atoms in total. The molecule has 0 spiro atoms. The summed E-state index contributed by atoms with van der Waals surface area (Å²) in [4.78, 5) is 28.8. The number of likely N-dealkylation sites (tertiary alicyclic amines) is 1. The van der Waals surface area contributed by atoms with Crippen LogP contribution in [0.15, 0.2) is 0 Å². The summed E-state index contributed by atoms with van der Waals surface area (Å²) in [5.41, 5.74) is -1.24. The molecule has 30 heavy (non-hydrogen) atoms. The van der Waals surface area contributed by atoms with Crippen LogP contribution in [0.5, 0.6) is 0 Å². The lowest BCUT2D eigenvalue weighted by Crippen LogP contribution is -2.62. The largest absolute Gasteiger partial charge is 0.394 e. The van der Waals surface area contributed by atoms with Crippen LogP contribution >= 0.6 is 11.8 Å². The van der Waals surface area contributed by atoms with Crippen LogP contribution < -0.4 is 10.6 Å². The molecule has 1 aliphatic heterocycles. The number of amides is 2. The van der Waals surface area contributed by atoms with Gasteiger partial charge in [0.05, 0.1) is 37.4 Å². The molecule has 7 atom stereocenters. The van der Waals surface area contributed by atoms with Crippen LogP contribution in [-0.2, 0) is 9.59 Å². The molecule has 0 aromatic rings. The van der Waals surface area contributed by atoms with Crippen LogP contribution in [0.2, 0.25) is 0 Å². The predicted molar refractivity (Wildman–Crippen MR) is 116 cm³/mol. The van der Waals surface area contributed by atoms with Crippen molar-refractivity contribution in [2.24, 2.45) is 5.92 Å². The van der Waals surface area contributed by atoms with Gasteiger partial charge in [0.1, 0.15) is 5.44 Å². The molecule has 0 saturated carbocycles. The lowest BCUT2D eigenvalue weighted by atomic mass is 9.84. The Morgan fingerprint density at radius 1 is 1.23 bits per heavy atom. The third kappa shape index (κ3) is 7.63. The van der Waals surface area contributed by atoms with Gasteiger partial charge in [0.15, 0.2) is 0 Å². The summed E-state index contributed by atoms with van der Waals surface area (Å²) < 4.78 is 0. The zero-order valence-corrected chi connectivity index (χ0v) is 19.3. The first-order valence-corrected chi connectivity index (χ1v) is 11.4. The maximum Gasteiger partial charge on any atom is 0.237 e. The Morgan fingerprint density at radius 2 is 1.87 bits per heavy atom. The highest BCUT2D eigenvalue weighted by Crippen LogP contribution is 2.25. The first kappa shape index (κ1) is 27.1. The van der Waals surface area contributed by atoms with E-state index in [-0.39, 0.29) is 24.4 Å². The monoisotopic (exact) mass is 450 g/mol. The number of likely N-dealkylation sites (N-methyl/N-ethyl adjacent to an activating group) is 2. The van der Waals surface area contributed by atoms with E-state index in [1.54, 1.807) is 32.2 Å². The summed E-state index contributed by atoms with van der Waals surface area (Å²) in [5, 5.41) is 46.5. The Morgan fingerprint density at radius 3 is 2.33 bits per heavy atom. The van der Waals surface area contributed by atoms with Crippen molar-refractivity contribution in [2.75, 3.05) is 47.1 Å². The lowest BCUT2D eigenvalue weighted by molar-refractivity contribution is -0.130. The molecular formula is C19H38N4O6S. The molecule has 6 N–H and O–H groups in total. The number of aliphatic hydroxyl groups is 4. The second-order valence-corrected chi connectivity index (χ2v) is 9.17. The molecule has 0 radical (unpaired) electrons. The van der Waals surface area contributed by atoms with Crippen molar-refractivity contribution in [3.05, 3.63) is 0 Å². The summed E-state index contributed by atoms with van der Waals surface area (Å²) >= 11 is 0.983. The zero-order chi connectivity index (χ0) is 23.0. The van der Waals surface area contributed by atoms with Crippen LogP contribution in [0.1, 0.15) is 19.8 Å². The summed E-state index contributed by atoms with van der Waals surface area (Å²) in [7, 11) is 5.34. The van der Waals surface area contributed by atoms with Crippen molar-refractivity contribution in [3.8, 4) is 0 Å². The van der Waals surface area contributed by atoms with E-state index in [0.717, 1.165) is 24.7 Å². The lowest BCUT2D eigenvalue weighted by Gasteiger charge is -2.39. The molecule has 1 rings (SSSR count). The van der Waals surface area contributed by atoms with Crippen molar-refractivity contribution in [1.29, 1.82) is 0 Å². The molecule has 2 amide bonds. The third-order valence-electron chi connectivity index (χ3n) is 5.49. The average Bonchev–Trinajstić information content (AvgIpc) is 3.11. The van der Waals surface area contributed by atoms with Gasteiger partial charge >= 0.3 is 0 Å². The van der Waals surface area contributed by atoms with Gasteiger partial charge in [-0.2, -0.15) is 0 Å². The van der Waals surface area contributed by atoms with Crippen molar-refractivity contribution in [1.82, 2.24) is 20.4 Å². The highest BCUT2D eigenvalue weighted by molar-refractivity contribution is 7.99. The SMILES string of the molecule is CSC(O)C(O)C(C(O)CO)C(NC(=O)C1CCCN1C)C(C)NC(=O)CN(C)C. The second-order valence-electron chi connectivity index (χ2n) is 8.21. The molecule has 0 aromatic heterocycles. The van der Waals surface area contributed by atoms with Crippen molar-refractivity contribution in [3.63, 3.8) is 0 Å². The molecule has 1 fully saturated rings. The van der Waals surface area contributed by atoms with Crippen LogP contribution in [-0.4, -0.2) is 125 Å². The molecule has 0 bridgehead atoms. The summed E-state index contributed by atoms with van der Waals surface area (Å²) in [5.74, 6) is -1.68. The molecule has 0 aliphatic carbocycles. The Bertz CT molecular complexity index is 555. The number of hydrogen-bond donors (Lipinski definition) is 6. The number of thioether (sulfide) groups is 1. The van der Waals surface area contributed by atoms with Crippen molar-refractivity contribution < 1.29 is 30.0 Å². The number of nitrogens with zero attached hydrogens (tertiary/aromatic N) is 2. The fourth-order valence-corrected chi connectivity index (χ4v) is 4.32. The number of carbonyl (C=O) groups is 2. The predicted octanol–water partition coefficient (Wildman–Crippen LogP) is -2.36. The van der Waals surface area contributed by atoms with E-state index in [9.17, 15) is 30.0 Å². The highest BCUT2D eigenvalue weighted by atomic mass is 32.2. The topological polar surface area (TPSA) is 146 Å². The normalized spacial score (nSPS) is 23.5. The van der Waals surface area contributed by atoms with E-state index in [1.165, 1.54) is 0 Å². The zero-order valence-electron chi connectivity index (χ0n) is 18.5. The minimum absolute atomic E-state index is 0.125. The minimum Gasteiger partial charge on any atom is -0.394 e. The molecule has 176 valence electrons. The summed E-state index contributed by atoms with van der Waals surface area (Å²) in [6.45, 7) is 1.90. The first-order chi connectivity index (χ1) is 14.0. The molecule has 1 saturated heterocycles. The van der Waals surface area contributed by atoms with Crippen molar-refractivity contribution in [2.45, 2.75) is 55.5 Å². The van der Waals surface area contributed by atoms with Gasteiger partial charge in [0.2, 0.25) is 11.8 Å². The molecule has 1 heterocycles. The van der Waals surface area contributed by atoms with Crippen LogP contribution in [0.25, 0.3) is 0 Å². The Labute approximate surface area is 183 Å². The number of nitrogens with one attached hydrogen (secondary N) is 2. The first-order valence-electron chi connectivity index (χ1n) is 10.2. The van der Waals surface area contributed by atoms with Crippen LogP contribution in [0.3, 0.4) is 0 Å². The van der Waals surface area contributed by atoms with E-state index in [1.807, 2.05) is 11.9 Å². The number of rotatable bonds is 12. The van der Waals surface area contributed by atoms with E-state index in [0.29, 0.717) is 6.42 Å². The van der Waals surface area contributed by atoms with E-state index >= 15 is 0 Å². The molecule has 1 aliphatic rings. The Hall–Kier alpha value is -0.950.